The third-order valence-electron chi connectivity index (χ3n) is 13.6. The Bertz CT molecular complexity index is 1590. The molecule has 8 saturated carbocycles. The SMILES string of the molecule is c1ccc2c(-c3c(C4C5CC6CC(C5)CC4(C4C5CC7CC(C5)CC4C7)C6)ccc4ccccc34)cccc2c1. The van der Waals surface area contributed by atoms with Crippen molar-refractivity contribution >= 4 is 21.5 Å². The second-order valence-corrected chi connectivity index (χ2v) is 15.6. The summed E-state index contributed by atoms with van der Waals surface area (Å²) in [4.78, 5) is 0. The summed E-state index contributed by atoms with van der Waals surface area (Å²) in [5.74, 6) is 8.81. The molecule has 40 heavy (non-hydrogen) atoms. The molecule has 0 radical (unpaired) electrons. The van der Waals surface area contributed by atoms with Crippen LogP contribution >= 0.6 is 0 Å². The number of fused-ring (bicyclic) bond motifs is 2. The lowest BCUT2D eigenvalue weighted by molar-refractivity contribution is -0.179. The highest BCUT2D eigenvalue weighted by molar-refractivity contribution is 6.06. The van der Waals surface area contributed by atoms with Gasteiger partial charge in [0.1, 0.15) is 0 Å². The first-order chi connectivity index (χ1) is 19.7. The minimum atomic E-state index is 0.541. The molecule has 202 valence electrons. The molecule has 0 aromatic heterocycles. The van der Waals surface area contributed by atoms with E-state index in [-0.39, 0.29) is 0 Å². The molecule has 8 aliphatic rings. The van der Waals surface area contributed by atoms with Gasteiger partial charge < -0.3 is 0 Å². The van der Waals surface area contributed by atoms with Crippen LogP contribution in [0.5, 0.6) is 0 Å². The van der Waals surface area contributed by atoms with Crippen LogP contribution in [-0.4, -0.2) is 0 Å². The molecular weight excluding hydrogens is 480 g/mol. The molecule has 8 bridgehead atoms. The Morgan fingerprint density at radius 3 is 1.77 bits per heavy atom. The van der Waals surface area contributed by atoms with Gasteiger partial charge >= 0.3 is 0 Å². The van der Waals surface area contributed by atoms with Crippen LogP contribution in [-0.2, 0) is 0 Å². The second-order valence-electron chi connectivity index (χ2n) is 15.6. The average Bonchev–Trinajstić information content (AvgIpc) is 2.95. The van der Waals surface area contributed by atoms with Crippen LogP contribution in [0.15, 0.2) is 78.9 Å². The number of hydrogen-bond donors (Lipinski definition) is 0. The van der Waals surface area contributed by atoms with E-state index >= 15 is 0 Å². The standard InChI is InChI=1S/C40H42/c1-3-9-33-28(6-1)8-5-11-35(33)37-34-10-4-2-7-29(34)12-13-36(37)39-32-20-26-15-27(21-32)23-40(39,22-26)38-30-16-24-14-25(18-30)19-31(38)17-24/h1-13,24-27,30-32,38-39H,14-23H2. The molecule has 3 unspecified atom stereocenters. The van der Waals surface area contributed by atoms with E-state index in [4.69, 9.17) is 0 Å². The zero-order chi connectivity index (χ0) is 26.0. The van der Waals surface area contributed by atoms with Gasteiger partial charge in [0.2, 0.25) is 0 Å². The fraction of sp³-hybridized carbons (Fsp3) is 0.500. The van der Waals surface area contributed by atoms with Crippen LogP contribution in [0.3, 0.4) is 0 Å². The van der Waals surface area contributed by atoms with Crippen molar-refractivity contribution in [3.05, 3.63) is 84.4 Å². The lowest BCUT2D eigenvalue weighted by Crippen LogP contribution is -2.60. The fourth-order valence-electron chi connectivity index (χ4n) is 13.3. The Morgan fingerprint density at radius 2 is 1.05 bits per heavy atom. The lowest BCUT2D eigenvalue weighted by atomic mass is 9.35. The first kappa shape index (κ1) is 23.0. The van der Waals surface area contributed by atoms with E-state index in [2.05, 4.69) is 78.9 Å². The summed E-state index contributed by atoms with van der Waals surface area (Å²) in [6.45, 7) is 0. The summed E-state index contributed by atoms with van der Waals surface area (Å²) in [5.41, 5.74) is 5.32. The monoisotopic (exact) mass is 522 g/mol. The molecule has 3 atom stereocenters. The van der Waals surface area contributed by atoms with Gasteiger partial charge in [0, 0.05) is 0 Å². The molecule has 0 heteroatoms. The zero-order valence-corrected chi connectivity index (χ0v) is 23.8. The Labute approximate surface area is 239 Å². The molecule has 4 aromatic rings. The largest absolute Gasteiger partial charge is 0.0616 e. The van der Waals surface area contributed by atoms with Crippen LogP contribution in [0.25, 0.3) is 32.7 Å². The molecule has 0 saturated heterocycles. The van der Waals surface area contributed by atoms with E-state index in [1.54, 1.807) is 62.5 Å². The first-order valence-corrected chi connectivity index (χ1v) is 16.7. The summed E-state index contributed by atoms with van der Waals surface area (Å²) < 4.78 is 0. The van der Waals surface area contributed by atoms with Gasteiger partial charge in [-0.1, -0.05) is 78.9 Å². The molecular formula is C40H42. The van der Waals surface area contributed by atoms with Gasteiger partial charge in [-0.3, -0.25) is 0 Å². The third-order valence-corrected chi connectivity index (χ3v) is 13.6. The molecule has 0 nitrogen and oxygen atoms in total. The summed E-state index contributed by atoms with van der Waals surface area (Å²) in [6, 6.07) is 30.6. The maximum absolute atomic E-state index is 2.64. The molecule has 0 heterocycles. The van der Waals surface area contributed by atoms with Crippen LogP contribution in [0.4, 0.5) is 0 Å². The van der Waals surface area contributed by atoms with Crippen molar-refractivity contribution in [3.8, 4) is 11.1 Å². The second kappa shape index (κ2) is 8.24. The van der Waals surface area contributed by atoms with Crippen LogP contribution in [0.1, 0.15) is 75.7 Å². The van der Waals surface area contributed by atoms with E-state index in [0.717, 1.165) is 53.3 Å². The van der Waals surface area contributed by atoms with Crippen LogP contribution in [0, 0.1) is 52.8 Å². The van der Waals surface area contributed by atoms with Gasteiger partial charge in [-0.05, 0) is 161 Å². The highest BCUT2D eigenvalue weighted by Gasteiger charge is 2.65. The van der Waals surface area contributed by atoms with Gasteiger partial charge in [0.15, 0.2) is 0 Å². The molecule has 4 aromatic carbocycles. The Kier molecular flexibility index (Phi) is 4.74. The maximum atomic E-state index is 2.64. The number of benzene rings is 4. The van der Waals surface area contributed by atoms with Crippen LogP contribution < -0.4 is 0 Å². The fourth-order valence-corrected chi connectivity index (χ4v) is 13.3. The van der Waals surface area contributed by atoms with Gasteiger partial charge in [-0.15, -0.1) is 0 Å². The topological polar surface area (TPSA) is 0 Å². The predicted octanol–water partition coefficient (Wildman–Crippen LogP) is 10.6. The molecule has 0 amide bonds. The Morgan fingerprint density at radius 1 is 0.475 bits per heavy atom. The van der Waals surface area contributed by atoms with Crippen molar-refractivity contribution in [2.24, 2.45) is 52.8 Å². The molecule has 12 rings (SSSR count). The first-order valence-electron chi connectivity index (χ1n) is 16.7. The van der Waals surface area contributed by atoms with E-state index in [1.165, 1.54) is 39.9 Å². The molecule has 8 fully saturated rings. The zero-order valence-electron chi connectivity index (χ0n) is 23.8. The van der Waals surface area contributed by atoms with E-state index < -0.39 is 0 Å². The third kappa shape index (κ3) is 3.09. The van der Waals surface area contributed by atoms with Gasteiger partial charge in [0.25, 0.3) is 0 Å². The van der Waals surface area contributed by atoms with Crippen molar-refractivity contribution < 1.29 is 0 Å². The van der Waals surface area contributed by atoms with Crippen molar-refractivity contribution in [1.82, 2.24) is 0 Å². The van der Waals surface area contributed by atoms with Crippen molar-refractivity contribution in [1.29, 1.82) is 0 Å². The summed E-state index contributed by atoms with van der Waals surface area (Å²) in [7, 11) is 0. The van der Waals surface area contributed by atoms with Crippen molar-refractivity contribution in [3.63, 3.8) is 0 Å². The molecule has 0 N–H and O–H groups in total. The molecule has 0 aliphatic heterocycles. The van der Waals surface area contributed by atoms with Gasteiger partial charge in [-0.25, -0.2) is 0 Å². The van der Waals surface area contributed by atoms with E-state index in [9.17, 15) is 0 Å². The van der Waals surface area contributed by atoms with Crippen molar-refractivity contribution in [2.75, 3.05) is 0 Å². The van der Waals surface area contributed by atoms with E-state index in [1.807, 2.05) is 0 Å². The van der Waals surface area contributed by atoms with E-state index in [0.29, 0.717) is 5.41 Å². The molecule has 8 aliphatic carbocycles. The highest BCUT2D eigenvalue weighted by atomic mass is 14.7. The minimum absolute atomic E-state index is 0.541. The number of rotatable bonds is 3. The average molecular weight is 523 g/mol. The maximum Gasteiger partial charge on any atom is -0.00639 e. The Balaban J connectivity index is 1.23. The van der Waals surface area contributed by atoms with Gasteiger partial charge in [0.05, 0.1) is 0 Å². The van der Waals surface area contributed by atoms with Gasteiger partial charge in [-0.2, -0.15) is 0 Å². The molecule has 0 spiro atoms. The highest BCUT2D eigenvalue weighted by Crippen LogP contribution is 2.74. The smallest absolute Gasteiger partial charge is 0.00639 e. The number of hydrogen-bond acceptors (Lipinski definition) is 0. The van der Waals surface area contributed by atoms with Crippen LogP contribution in [0.2, 0.25) is 0 Å². The summed E-state index contributed by atoms with van der Waals surface area (Å²) >= 11 is 0. The summed E-state index contributed by atoms with van der Waals surface area (Å²) in [6.07, 6.45) is 15.5. The normalized spacial score (nSPS) is 40.9. The predicted molar refractivity (Wildman–Crippen MR) is 166 cm³/mol. The quantitative estimate of drug-likeness (QED) is 0.251. The minimum Gasteiger partial charge on any atom is -0.0616 e. The Hall–Kier alpha value is -2.60. The summed E-state index contributed by atoms with van der Waals surface area (Å²) in [5, 5.41) is 5.68. The van der Waals surface area contributed by atoms with Crippen molar-refractivity contribution in [2.45, 2.75) is 70.1 Å². The lowest BCUT2D eigenvalue weighted by Gasteiger charge is -2.69.